The Hall–Kier alpha value is -1.36. The highest BCUT2D eigenvalue weighted by Gasteiger charge is 2.17. The molecule has 1 aromatic rings. The molecule has 1 amide bonds. The quantitative estimate of drug-likeness (QED) is 0.864. The molecule has 2 N–H and O–H groups in total. The number of carbonyl (C=O) groups is 1. The zero-order valence-corrected chi connectivity index (χ0v) is 12.8. The summed E-state index contributed by atoms with van der Waals surface area (Å²) in [4.78, 5) is 12.0. The molecule has 1 aromatic heterocycles. The Balaban J connectivity index is 1.77. The van der Waals surface area contributed by atoms with E-state index in [0.717, 1.165) is 24.2 Å². The minimum atomic E-state index is 0.0236. The Morgan fingerprint density at radius 3 is 3.00 bits per heavy atom. The van der Waals surface area contributed by atoms with Crippen LogP contribution in [0.4, 0.5) is 0 Å². The van der Waals surface area contributed by atoms with Crippen LogP contribution < -0.4 is 10.6 Å². The van der Waals surface area contributed by atoms with Crippen molar-refractivity contribution in [1.82, 2.24) is 20.4 Å². The van der Waals surface area contributed by atoms with Crippen LogP contribution in [0.25, 0.3) is 0 Å². The molecular weight excluding hydrogens is 252 g/mol. The van der Waals surface area contributed by atoms with Crippen molar-refractivity contribution in [3.8, 4) is 0 Å². The molecule has 20 heavy (non-hydrogen) atoms. The normalized spacial score (nSPS) is 20.6. The van der Waals surface area contributed by atoms with Crippen LogP contribution in [0, 0.1) is 6.92 Å². The molecule has 0 radical (unpaired) electrons. The Kier molecular flexibility index (Phi) is 5.17. The van der Waals surface area contributed by atoms with Gasteiger partial charge in [0.25, 0.3) is 0 Å². The topological polar surface area (TPSA) is 59.0 Å². The molecule has 2 atom stereocenters. The number of nitrogens with one attached hydrogen (secondary N) is 2. The summed E-state index contributed by atoms with van der Waals surface area (Å²) >= 11 is 0. The Morgan fingerprint density at radius 1 is 1.60 bits per heavy atom. The maximum Gasteiger partial charge on any atom is 0.220 e. The number of aryl methyl sites for hydroxylation is 1. The van der Waals surface area contributed by atoms with Crippen LogP contribution in [0.2, 0.25) is 0 Å². The number of nitrogens with zero attached hydrogens (tertiary/aromatic N) is 2. The summed E-state index contributed by atoms with van der Waals surface area (Å²) in [5, 5.41) is 10.8. The molecule has 1 saturated heterocycles. The SMILES string of the molecule is Cc1c(C(C)NC(=O)CCC2CCCCN2)cnn1C. The van der Waals surface area contributed by atoms with Gasteiger partial charge in [-0.2, -0.15) is 5.10 Å². The second-order valence-corrected chi connectivity index (χ2v) is 5.78. The fourth-order valence-corrected chi connectivity index (χ4v) is 2.81. The van der Waals surface area contributed by atoms with Crippen molar-refractivity contribution in [3.63, 3.8) is 0 Å². The van der Waals surface area contributed by atoms with Gasteiger partial charge in [-0.1, -0.05) is 6.42 Å². The van der Waals surface area contributed by atoms with E-state index in [1.54, 1.807) is 0 Å². The summed E-state index contributed by atoms with van der Waals surface area (Å²) < 4.78 is 1.84. The van der Waals surface area contributed by atoms with Crippen molar-refractivity contribution < 1.29 is 4.79 Å². The van der Waals surface area contributed by atoms with E-state index < -0.39 is 0 Å². The van der Waals surface area contributed by atoms with Gasteiger partial charge in [0.2, 0.25) is 5.91 Å². The van der Waals surface area contributed by atoms with Gasteiger partial charge in [0, 0.05) is 30.8 Å². The minimum absolute atomic E-state index is 0.0236. The Morgan fingerprint density at radius 2 is 2.40 bits per heavy atom. The lowest BCUT2D eigenvalue weighted by molar-refractivity contribution is -0.122. The van der Waals surface area contributed by atoms with Gasteiger partial charge in [-0.05, 0) is 39.7 Å². The van der Waals surface area contributed by atoms with Crippen LogP contribution >= 0.6 is 0 Å². The highest BCUT2D eigenvalue weighted by Crippen LogP contribution is 2.17. The number of hydrogen-bond acceptors (Lipinski definition) is 3. The van der Waals surface area contributed by atoms with Crippen molar-refractivity contribution in [2.75, 3.05) is 6.54 Å². The third-order valence-electron chi connectivity index (χ3n) is 4.25. The molecule has 1 aliphatic rings. The van der Waals surface area contributed by atoms with Gasteiger partial charge in [0.15, 0.2) is 0 Å². The van der Waals surface area contributed by atoms with Gasteiger partial charge in [-0.3, -0.25) is 9.48 Å². The maximum absolute atomic E-state index is 12.0. The molecule has 5 nitrogen and oxygen atoms in total. The molecule has 1 fully saturated rings. The lowest BCUT2D eigenvalue weighted by Crippen LogP contribution is -2.35. The van der Waals surface area contributed by atoms with Gasteiger partial charge >= 0.3 is 0 Å². The van der Waals surface area contributed by atoms with Crippen LogP contribution in [-0.4, -0.2) is 28.3 Å². The summed E-state index contributed by atoms with van der Waals surface area (Å²) in [6.45, 7) is 5.13. The molecule has 112 valence electrons. The highest BCUT2D eigenvalue weighted by molar-refractivity contribution is 5.76. The molecule has 5 heteroatoms. The molecule has 0 bridgehead atoms. The summed E-state index contributed by atoms with van der Waals surface area (Å²) in [5.41, 5.74) is 2.20. The number of piperidine rings is 1. The van der Waals surface area contributed by atoms with E-state index in [1.165, 1.54) is 19.3 Å². The van der Waals surface area contributed by atoms with E-state index in [4.69, 9.17) is 0 Å². The second kappa shape index (κ2) is 6.88. The predicted molar refractivity (Wildman–Crippen MR) is 79.4 cm³/mol. The van der Waals surface area contributed by atoms with Crippen molar-refractivity contribution >= 4 is 5.91 Å². The van der Waals surface area contributed by atoms with Crippen molar-refractivity contribution in [1.29, 1.82) is 0 Å². The predicted octanol–water partition coefficient (Wildman–Crippen LogP) is 1.83. The molecule has 0 saturated carbocycles. The number of rotatable bonds is 5. The molecule has 2 rings (SSSR count). The molecule has 0 spiro atoms. The summed E-state index contributed by atoms with van der Waals surface area (Å²) in [5.74, 6) is 0.133. The number of carbonyl (C=O) groups excluding carboxylic acids is 1. The summed E-state index contributed by atoms with van der Waals surface area (Å²) in [7, 11) is 1.92. The molecule has 1 aliphatic heterocycles. The zero-order chi connectivity index (χ0) is 14.5. The van der Waals surface area contributed by atoms with Crippen LogP contribution in [-0.2, 0) is 11.8 Å². The standard InChI is InChI=1S/C15H26N4O/c1-11(14-10-17-19(3)12(14)2)18-15(20)8-7-13-6-4-5-9-16-13/h10-11,13,16H,4-9H2,1-3H3,(H,18,20). The molecule has 0 aromatic carbocycles. The fourth-order valence-electron chi connectivity index (χ4n) is 2.81. The van der Waals surface area contributed by atoms with Crippen molar-refractivity contribution in [3.05, 3.63) is 17.5 Å². The van der Waals surface area contributed by atoms with Crippen LogP contribution in [0.15, 0.2) is 6.20 Å². The highest BCUT2D eigenvalue weighted by atomic mass is 16.1. The van der Waals surface area contributed by atoms with Gasteiger partial charge in [0.05, 0.1) is 12.2 Å². The first kappa shape index (κ1) is 15.0. The summed E-state index contributed by atoms with van der Waals surface area (Å²) in [6.07, 6.45) is 7.12. The Bertz CT molecular complexity index is 449. The fraction of sp³-hybridized carbons (Fsp3) is 0.733. The molecule has 2 heterocycles. The number of amides is 1. The molecule has 2 unspecified atom stereocenters. The lowest BCUT2D eigenvalue weighted by Gasteiger charge is -2.23. The van der Waals surface area contributed by atoms with E-state index >= 15 is 0 Å². The first-order valence-corrected chi connectivity index (χ1v) is 7.59. The first-order valence-electron chi connectivity index (χ1n) is 7.59. The second-order valence-electron chi connectivity index (χ2n) is 5.78. The zero-order valence-electron chi connectivity index (χ0n) is 12.8. The minimum Gasteiger partial charge on any atom is -0.349 e. The molecule has 0 aliphatic carbocycles. The Labute approximate surface area is 121 Å². The monoisotopic (exact) mass is 278 g/mol. The number of aromatic nitrogens is 2. The largest absolute Gasteiger partial charge is 0.349 e. The van der Waals surface area contributed by atoms with Crippen LogP contribution in [0.5, 0.6) is 0 Å². The van der Waals surface area contributed by atoms with E-state index in [2.05, 4.69) is 15.7 Å². The third-order valence-corrected chi connectivity index (χ3v) is 4.25. The molecular formula is C15H26N4O. The average Bonchev–Trinajstić information content (AvgIpc) is 2.78. The number of hydrogen-bond donors (Lipinski definition) is 2. The van der Waals surface area contributed by atoms with Crippen LogP contribution in [0.1, 0.15) is 56.3 Å². The average molecular weight is 278 g/mol. The van der Waals surface area contributed by atoms with Gasteiger partial charge < -0.3 is 10.6 Å². The van der Waals surface area contributed by atoms with Crippen molar-refractivity contribution in [2.45, 2.75) is 58.0 Å². The lowest BCUT2D eigenvalue weighted by atomic mass is 10.0. The van der Waals surface area contributed by atoms with E-state index in [-0.39, 0.29) is 11.9 Å². The summed E-state index contributed by atoms with van der Waals surface area (Å²) in [6, 6.07) is 0.542. The van der Waals surface area contributed by atoms with E-state index in [9.17, 15) is 4.79 Å². The van der Waals surface area contributed by atoms with Crippen LogP contribution in [0.3, 0.4) is 0 Å². The van der Waals surface area contributed by atoms with E-state index in [0.29, 0.717) is 12.5 Å². The van der Waals surface area contributed by atoms with Gasteiger partial charge in [-0.15, -0.1) is 0 Å². The van der Waals surface area contributed by atoms with Crippen molar-refractivity contribution in [2.24, 2.45) is 7.05 Å². The third kappa shape index (κ3) is 3.82. The van der Waals surface area contributed by atoms with E-state index in [1.807, 2.05) is 31.8 Å². The van der Waals surface area contributed by atoms with Gasteiger partial charge in [-0.25, -0.2) is 0 Å². The smallest absolute Gasteiger partial charge is 0.220 e. The first-order chi connectivity index (χ1) is 9.58. The maximum atomic E-state index is 12.0. The van der Waals surface area contributed by atoms with Gasteiger partial charge in [0.1, 0.15) is 0 Å².